The number of likely N-dealkylation sites (tertiary alicyclic amines) is 1. The number of rotatable bonds is 0. The number of pyridine rings is 1. The molecule has 0 aliphatic carbocycles. The molecule has 1 amide bonds. The Morgan fingerprint density at radius 2 is 2.20 bits per heavy atom. The molecule has 2 aliphatic heterocycles. The normalized spacial score (nSPS) is 19.3. The van der Waals surface area contributed by atoms with Crippen LogP contribution >= 0.6 is 15.9 Å². The largest absolute Gasteiger partial charge is 0.467 e. The molecule has 0 radical (unpaired) electrons. The van der Waals surface area contributed by atoms with Gasteiger partial charge in [0.2, 0.25) is 5.88 Å². The molecule has 2 aliphatic rings. The molecule has 1 saturated heterocycles. The summed E-state index contributed by atoms with van der Waals surface area (Å²) in [5.41, 5.74) is 0.307. The summed E-state index contributed by atoms with van der Waals surface area (Å²) in [7, 11) is 0. The molecule has 0 atom stereocenters. The Balaban J connectivity index is 1.63. The summed E-state index contributed by atoms with van der Waals surface area (Å²) >= 11 is 3.41. The Morgan fingerprint density at radius 3 is 2.85 bits per heavy atom. The zero-order valence-corrected chi connectivity index (χ0v) is 13.4. The summed E-state index contributed by atoms with van der Waals surface area (Å²) < 4.78 is 12.2. The number of halogens is 1. The van der Waals surface area contributed by atoms with Gasteiger partial charge in [-0.25, -0.2) is 9.78 Å². The number of aromatic nitrogens is 1. The van der Waals surface area contributed by atoms with E-state index in [0.717, 1.165) is 16.5 Å². The van der Waals surface area contributed by atoms with Crippen molar-refractivity contribution < 1.29 is 14.3 Å². The Labute approximate surface area is 126 Å². The lowest BCUT2D eigenvalue weighted by molar-refractivity contribution is -0.0717. The fraction of sp³-hybridized carbons (Fsp3) is 0.571. The molecule has 0 unspecified atom stereocenters. The van der Waals surface area contributed by atoms with E-state index in [1.54, 1.807) is 11.1 Å². The number of carbonyl (C=O) groups is 1. The van der Waals surface area contributed by atoms with E-state index in [1.165, 1.54) is 0 Å². The Bertz CT molecular complexity index is 562. The molecule has 5 nitrogen and oxygen atoms in total. The maximum Gasteiger partial charge on any atom is 0.410 e. The van der Waals surface area contributed by atoms with Gasteiger partial charge in [-0.2, -0.15) is 0 Å². The monoisotopic (exact) mass is 340 g/mol. The van der Waals surface area contributed by atoms with Crippen LogP contribution in [0.5, 0.6) is 5.88 Å². The fourth-order valence-corrected chi connectivity index (χ4v) is 2.94. The predicted molar refractivity (Wildman–Crippen MR) is 76.8 cm³/mol. The van der Waals surface area contributed by atoms with Gasteiger partial charge in [0.1, 0.15) is 5.60 Å². The van der Waals surface area contributed by atoms with Crippen LogP contribution in [-0.4, -0.2) is 40.3 Å². The molecule has 3 heterocycles. The number of fused-ring (bicyclic) bond motifs is 1. The summed E-state index contributed by atoms with van der Waals surface area (Å²) in [5.74, 6) is 0.678. The highest BCUT2D eigenvalue weighted by atomic mass is 79.9. The van der Waals surface area contributed by atoms with E-state index in [1.807, 2.05) is 26.8 Å². The van der Waals surface area contributed by atoms with E-state index >= 15 is 0 Å². The highest BCUT2D eigenvalue weighted by Crippen LogP contribution is 2.40. The first-order valence-electron chi connectivity index (χ1n) is 6.58. The van der Waals surface area contributed by atoms with Crippen molar-refractivity contribution in [2.24, 2.45) is 0 Å². The summed E-state index contributed by atoms with van der Waals surface area (Å²) in [6.45, 7) is 6.70. The number of carbonyl (C=O) groups excluding carboxylic acids is 1. The van der Waals surface area contributed by atoms with Crippen molar-refractivity contribution in [2.75, 3.05) is 13.1 Å². The molecule has 1 fully saturated rings. The Kier molecular flexibility index (Phi) is 2.97. The molecule has 0 aromatic carbocycles. The average Bonchev–Trinajstić information content (AvgIpc) is 2.62. The molecule has 0 saturated carbocycles. The van der Waals surface area contributed by atoms with E-state index in [0.29, 0.717) is 19.0 Å². The van der Waals surface area contributed by atoms with Crippen LogP contribution in [0.25, 0.3) is 0 Å². The van der Waals surface area contributed by atoms with Crippen LogP contribution < -0.4 is 4.74 Å². The molecule has 3 rings (SSSR count). The number of amides is 1. The van der Waals surface area contributed by atoms with E-state index in [-0.39, 0.29) is 11.7 Å². The fourth-order valence-electron chi connectivity index (χ4n) is 2.56. The SMILES string of the molecule is CC(C)(C)OC(=O)N1CC2(Cc3cc(Br)cnc3O2)C1. The molecule has 0 bridgehead atoms. The van der Waals surface area contributed by atoms with Crippen LogP contribution in [0, 0.1) is 0 Å². The van der Waals surface area contributed by atoms with E-state index in [4.69, 9.17) is 9.47 Å². The van der Waals surface area contributed by atoms with Crippen LogP contribution in [0.15, 0.2) is 16.7 Å². The number of ether oxygens (including phenoxy) is 2. The Hall–Kier alpha value is -1.30. The summed E-state index contributed by atoms with van der Waals surface area (Å²) in [6, 6.07) is 2.02. The minimum Gasteiger partial charge on any atom is -0.467 e. The zero-order chi connectivity index (χ0) is 14.5. The van der Waals surface area contributed by atoms with E-state index in [2.05, 4.69) is 20.9 Å². The second kappa shape index (κ2) is 4.35. The van der Waals surface area contributed by atoms with Crippen molar-refractivity contribution in [3.63, 3.8) is 0 Å². The van der Waals surface area contributed by atoms with Gasteiger partial charge in [0.25, 0.3) is 0 Å². The van der Waals surface area contributed by atoms with E-state index in [9.17, 15) is 4.79 Å². The molecular formula is C14H17BrN2O3. The zero-order valence-electron chi connectivity index (χ0n) is 11.8. The molecule has 1 aromatic heterocycles. The minimum atomic E-state index is -0.467. The lowest BCUT2D eigenvalue weighted by atomic mass is 9.90. The molecule has 6 heteroatoms. The molecule has 108 valence electrons. The summed E-state index contributed by atoms with van der Waals surface area (Å²) in [4.78, 5) is 17.9. The number of nitrogens with zero attached hydrogens (tertiary/aromatic N) is 2. The van der Waals surface area contributed by atoms with Crippen LogP contribution in [-0.2, 0) is 11.2 Å². The standard InChI is InChI=1S/C14H17BrN2O3/c1-13(2,3)20-12(18)17-7-14(8-17)5-9-4-10(15)6-16-11(9)19-14/h4,6H,5,7-8H2,1-3H3. The van der Waals surface area contributed by atoms with Crippen LogP contribution in [0.1, 0.15) is 26.3 Å². The first-order valence-corrected chi connectivity index (χ1v) is 7.37. The van der Waals surface area contributed by atoms with Crippen LogP contribution in [0.2, 0.25) is 0 Å². The molecule has 1 aromatic rings. The van der Waals surface area contributed by atoms with Crippen molar-refractivity contribution >= 4 is 22.0 Å². The van der Waals surface area contributed by atoms with Crippen LogP contribution in [0.4, 0.5) is 4.79 Å². The van der Waals surface area contributed by atoms with Crippen LogP contribution in [0.3, 0.4) is 0 Å². The maximum absolute atomic E-state index is 11.9. The third-order valence-electron chi connectivity index (χ3n) is 3.33. The van der Waals surface area contributed by atoms with Crippen molar-refractivity contribution in [1.82, 2.24) is 9.88 Å². The second-order valence-corrected chi connectivity index (χ2v) is 7.33. The van der Waals surface area contributed by atoms with Gasteiger partial charge in [0.05, 0.1) is 13.1 Å². The lowest BCUT2D eigenvalue weighted by Gasteiger charge is -2.46. The van der Waals surface area contributed by atoms with Gasteiger partial charge < -0.3 is 9.47 Å². The lowest BCUT2D eigenvalue weighted by Crippen LogP contribution is -2.66. The molecule has 0 N–H and O–H groups in total. The minimum absolute atomic E-state index is 0.281. The maximum atomic E-state index is 11.9. The predicted octanol–water partition coefficient (Wildman–Crippen LogP) is 2.77. The van der Waals surface area contributed by atoms with Gasteiger partial charge in [-0.05, 0) is 42.8 Å². The number of hydrogen-bond donors (Lipinski definition) is 0. The van der Waals surface area contributed by atoms with Gasteiger partial charge in [0, 0.05) is 22.7 Å². The molecule has 1 spiro atoms. The van der Waals surface area contributed by atoms with Crippen molar-refractivity contribution in [2.45, 2.75) is 38.4 Å². The quantitative estimate of drug-likeness (QED) is 0.728. The third-order valence-corrected chi connectivity index (χ3v) is 3.76. The van der Waals surface area contributed by atoms with Crippen molar-refractivity contribution in [1.29, 1.82) is 0 Å². The van der Waals surface area contributed by atoms with Crippen molar-refractivity contribution in [3.05, 3.63) is 22.3 Å². The first kappa shape index (κ1) is 13.7. The third kappa shape index (κ3) is 2.49. The molecular weight excluding hydrogens is 324 g/mol. The average molecular weight is 341 g/mol. The second-order valence-electron chi connectivity index (χ2n) is 6.42. The van der Waals surface area contributed by atoms with Gasteiger partial charge in [0.15, 0.2) is 5.60 Å². The summed E-state index contributed by atoms with van der Waals surface area (Å²) in [5, 5.41) is 0. The Morgan fingerprint density at radius 1 is 1.50 bits per heavy atom. The van der Waals surface area contributed by atoms with E-state index < -0.39 is 5.60 Å². The van der Waals surface area contributed by atoms with Crippen molar-refractivity contribution in [3.8, 4) is 5.88 Å². The highest BCUT2D eigenvalue weighted by molar-refractivity contribution is 9.10. The van der Waals surface area contributed by atoms with Gasteiger partial charge in [-0.1, -0.05) is 0 Å². The smallest absolute Gasteiger partial charge is 0.410 e. The first-order chi connectivity index (χ1) is 9.26. The molecule has 20 heavy (non-hydrogen) atoms. The highest BCUT2D eigenvalue weighted by Gasteiger charge is 2.52. The van der Waals surface area contributed by atoms with Gasteiger partial charge in [-0.3, -0.25) is 4.90 Å². The van der Waals surface area contributed by atoms with Gasteiger partial charge in [-0.15, -0.1) is 0 Å². The van der Waals surface area contributed by atoms with Gasteiger partial charge >= 0.3 is 6.09 Å². The summed E-state index contributed by atoms with van der Waals surface area (Å²) in [6.07, 6.45) is 2.23. The topological polar surface area (TPSA) is 51.7 Å². The number of hydrogen-bond acceptors (Lipinski definition) is 4.